The maximum Gasteiger partial charge on any atom is 0.261 e. The highest BCUT2D eigenvalue weighted by atomic mass is 35.5. The molecule has 1 aliphatic heterocycles. The van der Waals surface area contributed by atoms with Gasteiger partial charge in [-0.15, -0.1) is 12.4 Å². The third-order valence-electron chi connectivity index (χ3n) is 5.35. The Hall–Kier alpha value is -1.83. The highest BCUT2D eigenvalue weighted by molar-refractivity contribution is 7.92. The Bertz CT molecular complexity index is 886. The molecule has 0 unspecified atom stereocenters. The van der Waals surface area contributed by atoms with Crippen LogP contribution in [0.15, 0.2) is 47.5 Å². The van der Waals surface area contributed by atoms with Gasteiger partial charge in [-0.25, -0.2) is 13.4 Å². The molecule has 0 radical (unpaired) electrons. The number of rotatable bonds is 6. The van der Waals surface area contributed by atoms with Crippen LogP contribution in [0.3, 0.4) is 0 Å². The van der Waals surface area contributed by atoms with Crippen molar-refractivity contribution < 1.29 is 8.42 Å². The van der Waals surface area contributed by atoms with Gasteiger partial charge in [0.2, 0.25) is 0 Å². The molecule has 8 heteroatoms. The SMILES string of the molecule is CCN1CCN(c2ccc(NS(=O)(=O)c3ccc(C(C)C)cc3)cn2)C[C@@H]1C.Cl. The molecule has 1 N–H and O–H groups in total. The number of likely N-dealkylation sites (N-methyl/N-ethyl adjacent to an activating group) is 1. The lowest BCUT2D eigenvalue weighted by molar-refractivity contribution is 0.199. The molecule has 160 valence electrons. The second-order valence-electron chi connectivity index (χ2n) is 7.66. The van der Waals surface area contributed by atoms with Gasteiger partial charge in [0.25, 0.3) is 10.0 Å². The predicted molar refractivity (Wildman–Crippen MR) is 122 cm³/mol. The highest BCUT2D eigenvalue weighted by Gasteiger charge is 2.23. The molecule has 1 fully saturated rings. The van der Waals surface area contributed by atoms with Crippen LogP contribution >= 0.6 is 12.4 Å². The number of nitrogens with zero attached hydrogens (tertiary/aromatic N) is 3. The zero-order valence-corrected chi connectivity index (χ0v) is 19.1. The topological polar surface area (TPSA) is 65.5 Å². The Morgan fingerprint density at radius 2 is 1.83 bits per heavy atom. The van der Waals surface area contributed by atoms with Crippen LogP contribution in [0.1, 0.15) is 39.2 Å². The zero-order chi connectivity index (χ0) is 20.3. The molecular formula is C21H31ClN4O2S. The van der Waals surface area contributed by atoms with E-state index in [-0.39, 0.29) is 17.3 Å². The van der Waals surface area contributed by atoms with Gasteiger partial charge in [0.05, 0.1) is 16.8 Å². The smallest absolute Gasteiger partial charge is 0.261 e. The molecule has 0 amide bonds. The number of piperazine rings is 1. The summed E-state index contributed by atoms with van der Waals surface area (Å²) in [5.74, 6) is 1.25. The van der Waals surface area contributed by atoms with Crippen LogP contribution in [0.25, 0.3) is 0 Å². The van der Waals surface area contributed by atoms with Crippen molar-refractivity contribution in [3.05, 3.63) is 48.2 Å². The number of sulfonamides is 1. The van der Waals surface area contributed by atoms with E-state index in [1.165, 1.54) is 0 Å². The highest BCUT2D eigenvalue weighted by Crippen LogP contribution is 2.22. The van der Waals surface area contributed by atoms with Crippen molar-refractivity contribution in [2.45, 2.75) is 44.6 Å². The van der Waals surface area contributed by atoms with Gasteiger partial charge < -0.3 is 4.90 Å². The molecule has 1 saturated heterocycles. The summed E-state index contributed by atoms with van der Waals surface area (Å²) < 4.78 is 27.9. The first kappa shape index (κ1) is 23.4. The average molecular weight is 439 g/mol. The minimum Gasteiger partial charge on any atom is -0.354 e. The van der Waals surface area contributed by atoms with E-state index < -0.39 is 10.0 Å². The van der Waals surface area contributed by atoms with Crippen molar-refractivity contribution in [2.75, 3.05) is 35.8 Å². The molecule has 1 aromatic heterocycles. The van der Waals surface area contributed by atoms with Crippen LogP contribution in [0.4, 0.5) is 11.5 Å². The Morgan fingerprint density at radius 3 is 2.34 bits per heavy atom. The predicted octanol–water partition coefficient (Wildman–Crippen LogP) is 3.96. The van der Waals surface area contributed by atoms with E-state index in [1.807, 2.05) is 18.2 Å². The Labute approximate surface area is 180 Å². The maximum absolute atomic E-state index is 12.6. The molecule has 6 nitrogen and oxygen atoms in total. The fourth-order valence-corrected chi connectivity index (χ4v) is 4.60. The molecule has 0 aliphatic carbocycles. The Kier molecular flexibility index (Phi) is 7.91. The third kappa shape index (κ3) is 5.62. The van der Waals surface area contributed by atoms with Gasteiger partial charge >= 0.3 is 0 Å². The van der Waals surface area contributed by atoms with E-state index >= 15 is 0 Å². The lowest BCUT2D eigenvalue weighted by Gasteiger charge is -2.39. The molecule has 2 heterocycles. The van der Waals surface area contributed by atoms with Crippen LogP contribution in [0.2, 0.25) is 0 Å². The fraction of sp³-hybridized carbons (Fsp3) is 0.476. The summed E-state index contributed by atoms with van der Waals surface area (Å²) in [4.78, 5) is 9.44. The van der Waals surface area contributed by atoms with Gasteiger partial charge in [-0.05, 0) is 49.2 Å². The molecule has 0 saturated carbocycles. The van der Waals surface area contributed by atoms with E-state index in [0.29, 0.717) is 17.6 Å². The van der Waals surface area contributed by atoms with E-state index in [9.17, 15) is 8.42 Å². The summed E-state index contributed by atoms with van der Waals surface area (Å²) in [5.41, 5.74) is 1.58. The average Bonchev–Trinajstić information content (AvgIpc) is 2.68. The first-order valence-electron chi connectivity index (χ1n) is 9.88. The van der Waals surface area contributed by atoms with Crippen molar-refractivity contribution >= 4 is 33.9 Å². The normalized spacial score (nSPS) is 17.8. The number of halogens is 1. The standard InChI is InChI=1S/C21H30N4O2S.ClH/c1-5-24-12-13-25(15-17(24)4)21-11-8-19(14-22-21)23-28(26,27)20-9-6-18(7-10-20)16(2)3;/h6-11,14,16-17,23H,5,12-13,15H2,1-4H3;1H/t17-;/m0./s1. The largest absolute Gasteiger partial charge is 0.354 e. The molecule has 1 atom stereocenters. The zero-order valence-electron chi connectivity index (χ0n) is 17.5. The number of aromatic nitrogens is 1. The second-order valence-corrected chi connectivity index (χ2v) is 9.34. The van der Waals surface area contributed by atoms with Gasteiger partial charge in [0.1, 0.15) is 5.82 Å². The molecule has 0 spiro atoms. The third-order valence-corrected chi connectivity index (χ3v) is 6.75. The van der Waals surface area contributed by atoms with Gasteiger partial charge in [0, 0.05) is 25.7 Å². The molecule has 1 aromatic carbocycles. The van der Waals surface area contributed by atoms with Crippen LogP contribution in [0.5, 0.6) is 0 Å². The summed E-state index contributed by atoms with van der Waals surface area (Å²) in [6.07, 6.45) is 1.59. The van der Waals surface area contributed by atoms with E-state index in [2.05, 4.69) is 47.2 Å². The number of hydrogen-bond donors (Lipinski definition) is 1. The quantitative estimate of drug-likeness (QED) is 0.739. The van der Waals surface area contributed by atoms with Crippen molar-refractivity contribution in [3.63, 3.8) is 0 Å². The first-order chi connectivity index (χ1) is 13.3. The summed E-state index contributed by atoms with van der Waals surface area (Å²) in [7, 11) is -3.62. The van der Waals surface area contributed by atoms with Gasteiger partial charge in [-0.3, -0.25) is 9.62 Å². The van der Waals surface area contributed by atoms with Crippen molar-refractivity contribution in [1.29, 1.82) is 0 Å². The lowest BCUT2D eigenvalue weighted by Crippen LogP contribution is -2.51. The summed E-state index contributed by atoms with van der Waals surface area (Å²) >= 11 is 0. The number of benzene rings is 1. The molecular weight excluding hydrogens is 408 g/mol. The first-order valence-corrected chi connectivity index (χ1v) is 11.4. The lowest BCUT2D eigenvalue weighted by atomic mass is 10.0. The molecule has 1 aliphatic rings. The number of nitrogens with one attached hydrogen (secondary N) is 1. The van der Waals surface area contributed by atoms with Crippen LogP contribution in [-0.4, -0.2) is 50.5 Å². The van der Waals surface area contributed by atoms with Crippen LogP contribution in [-0.2, 0) is 10.0 Å². The monoisotopic (exact) mass is 438 g/mol. The van der Waals surface area contributed by atoms with Gasteiger partial charge in [-0.2, -0.15) is 0 Å². The van der Waals surface area contributed by atoms with Gasteiger partial charge in [-0.1, -0.05) is 32.9 Å². The summed E-state index contributed by atoms with van der Waals surface area (Å²) in [6.45, 7) is 12.5. The second kappa shape index (κ2) is 9.78. The van der Waals surface area contributed by atoms with Gasteiger partial charge in [0.15, 0.2) is 0 Å². The number of hydrogen-bond acceptors (Lipinski definition) is 5. The maximum atomic E-state index is 12.6. The molecule has 29 heavy (non-hydrogen) atoms. The fourth-order valence-electron chi connectivity index (χ4n) is 3.55. The van der Waals surface area contributed by atoms with Crippen molar-refractivity contribution in [1.82, 2.24) is 9.88 Å². The Morgan fingerprint density at radius 1 is 1.14 bits per heavy atom. The van der Waals surface area contributed by atoms with Crippen molar-refractivity contribution in [3.8, 4) is 0 Å². The van der Waals surface area contributed by atoms with E-state index in [0.717, 1.165) is 37.6 Å². The van der Waals surface area contributed by atoms with E-state index in [4.69, 9.17) is 0 Å². The molecule has 2 aromatic rings. The summed E-state index contributed by atoms with van der Waals surface area (Å²) in [6, 6.07) is 11.2. The molecule has 0 bridgehead atoms. The number of pyridine rings is 1. The molecule has 3 rings (SSSR count). The minimum atomic E-state index is -3.62. The Balaban J connectivity index is 0.00000300. The van der Waals surface area contributed by atoms with E-state index in [1.54, 1.807) is 24.4 Å². The van der Waals surface area contributed by atoms with Crippen LogP contribution in [0, 0.1) is 0 Å². The summed E-state index contributed by atoms with van der Waals surface area (Å²) in [5, 5.41) is 0. The van der Waals surface area contributed by atoms with Crippen LogP contribution < -0.4 is 9.62 Å². The minimum absolute atomic E-state index is 0. The van der Waals surface area contributed by atoms with Crippen molar-refractivity contribution in [2.24, 2.45) is 0 Å². The number of anilines is 2.